The average molecular weight is 325 g/mol. The Morgan fingerprint density at radius 3 is 3.04 bits per heavy atom. The lowest BCUT2D eigenvalue weighted by Gasteiger charge is -2.11. The summed E-state index contributed by atoms with van der Waals surface area (Å²) in [6, 6.07) is 1.69. The summed E-state index contributed by atoms with van der Waals surface area (Å²) in [6.45, 7) is 4.88. The Bertz CT molecular complexity index is 537. The maximum absolute atomic E-state index is 11.9. The number of amides is 1. The highest BCUT2D eigenvalue weighted by Gasteiger charge is 2.17. The highest BCUT2D eigenvalue weighted by molar-refractivity contribution is 5.91. The fourth-order valence-electron chi connectivity index (χ4n) is 2.33. The first-order valence-corrected chi connectivity index (χ1v) is 7.77. The number of nitrogens with one attached hydrogen (secondary N) is 1. The molecule has 8 heteroatoms. The molecule has 2 rings (SSSR count). The van der Waals surface area contributed by atoms with E-state index in [2.05, 4.69) is 10.4 Å². The highest BCUT2D eigenvalue weighted by Crippen LogP contribution is 2.12. The summed E-state index contributed by atoms with van der Waals surface area (Å²) in [5.41, 5.74) is 0.699. The molecule has 0 saturated carbocycles. The molecule has 23 heavy (non-hydrogen) atoms. The van der Waals surface area contributed by atoms with Crippen molar-refractivity contribution in [3.63, 3.8) is 0 Å². The van der Waals surface area contributed by atoms with E-state index >= 15 is 0 Å². The number of carbonyl (C=O) groups is 2. The van der Waals surface area contributed by atoms with E-state index in [1.54, 1.807) is 19.9 Å². The zero-order chi connectivity index (χ0) is 16.7. The van der Waals surface area contributed by atoms with Crippen LogP contribution in [0.2, 0.25) is 0 Å². The number of esters is 1. The highest BCUT2D eigenvalue weighted by atomic mass is 16.5. The van der Waals surface area contributed by atoms with E-state index in [9.17, 15) is 9.59 Å². The van der Waals surface area contributed by atoms with E-state index in [-0.39, 0.29) is 25.2 Å². The topological polar surface area (TPSA) is 91.7 Å². The molecule has 0 radical (unpaired) electrons. The first-order valence-electron chi connectivity index (χ1n) is 7.77. The molecule has 0 aromatic carbocycles. The quantitative estimate of drug-likeness (QED) is 0.714. The summed E-state index contributed by atoms with van der Waals surface area (Å²) in [5.74, 6) is -0.255. The van der Waals surface area contributed by atoms with Crippen LogP contribution in [0.25, 0.3) is 0 Å². The molecule has 1 aliphatic heterocycles. The molecule has 0 bridgehead atoms. The van der Waals surface area contributed by atoms with Crippen molar-refractivity contribution in [3.8, 4) is 0 Å². The SMILES string of the molecule is CCOC(=O)Cn1nc(C)cc1NC(=O)COC[C@H]1CCCO1. The molecule has 1 fully saturated rings. The molecule has 1 N–H and O–H groups in total. The van der Waals surface area contributed by atoms with Gasteiger partial charge in [0.25, 0.3) is 5.91 Å². The van der Waals surface area contributed by atoms with Crippen LogP contribution in [0.3, 0.4) is 0 Å². The van der Waals surface area contributed by atoms with Crippen molar-refractivity contribution >= 4 is 17.7 Å². The third kappa shape index (κ3) is 5.65. The summed E-state index contributed by atoms with van der Waals surface area (Å²) < 4.78 is 17.1. The number of nitrogens with zero attached hydrogens (tertiary/aromatic N) is 2. The Morgan fingerprint density at radius 1 is 1.52 bits per heavy atom. The van der Waals surface area contributed by atoms with Gasteiger partial charge < -0.3 is 19.5 Å². The van der Waals surface area contributed by atoms with Crippen molar-refractivity contribution in [2.45, 2.75) is 39.3 Å². The molecular weight excluding hydrogens is 302 g/mol. The monoisotopic (exact) mass is 325 g/mol. The molecule has 8 nitrogen and oxygen atoms in total. The van der Waals surface area contributed by atoms with Crippen LogP contribution < -0.4 is 5.32 Å². The van der Waals surface area contributed by atoms with Gasteiger partial charge in [-0.05, 0) is 26.7 Å². The van der Waals surface area contributed by atoms with Gasteiger partial charge in [-0.3, -0.25) is 9.59 Å². The van der Waals surface area contributed by atoms with Gasteiger partial charge in [0.2, 0.25) is 0 Å². The summed E-state index contributed by atoms with van der Waals surface area (Å²) in [6.07, 6.45) is 2.08. The van der Waals surface area contributed by atoms with Crippen LogP contribution in [0.15, 0.2) is 6.07 Å². The van der Waals surface area contributed by atoms with Crippen molar-refractivity contribution in [1.82, 2.24) is 9.78 Å². The molecule has 1 aliphatic rings. The Hall–Kier alpha value is -1.93. The van der Waals surface area contributed by atoms with Crippen LogP contribution in [0, 0.1) is 6.92 Å². The Labute approximate surface area is 135 Å². The molecule has 128 valence electrons. The van der Waals surface area contributed by atoms with Crippen molar-refractivity contribution in [2.75, 3.05) is 31.7 Å². The van der Waals surface area contributed by atoms with Crippen LogP contribution >= 0.6 is 0 Å². The Kier molecular flexibility index (Phi) is 6.54. The second kappa shape index (κ2) is 8.64. The van der Waals surface area contributed by atoms with Gasteiger partial charge in [-0.25, -0.2) is 4.68 Å². The van der Waals surface area contributed by atoms with Gasteiger partial charge in [-0.15, -0.1) is 0 Å². The third-order valence-electron chi connectivity index (χ3n) is 3.31. The smallest absolute Gasteiger partial charge is 0.327 e. The zero-order valence-electron chi connectivity index (χ0n) is 13.5. The summed E-state index contributed by atoms with van der Waals surface area (Å²) in [4.78, 5) is 23.5. The van der Waals surface area contributed by atoms with E-state index in [1.807, 2.05) is 0 Å². The van der Waals surface area contributed by atoms with E-state index in [0.717, 1.165) is 19.4 Å². The number of carbonyl (C=O) groups excluding carboxylic acids is 2. The minimum absolute atomic E-state index is 0.0476. The van der Waals surface area contributed by atoms with Crippen molar-refractivity contribution in [2.24, 2.45) is 0 Å². The number of anilines is 1. The van der Waals surface area contributed by atoms with Crippen LogP contribution in [0.4, 0.5) is 5.82 Å². The van der Waals surface area contributed by atoms with E-state index in [1.165, 1.54) is 4.68 Å². The number of hydrogen-bond donors (Lipinski definition) is 1. The average Bonchev–Trinajstić information content (AvgIpc) is 3.10. The lowest BCUT2D eigenvalue weighted by atomic mass is 10.2. The molecule has 1 aromatic rings. The molecule has 1 aromatic heterocycles. The van der Waals surface area contributed by atoms with E-state index in [0.29, 0.717) is 24.7 Å². The number of ether oxygens (including phenoxy) is 3. The normalized spacial score (nSPS) is 17.2. The van der Waals surface area contributed by atoms with Gasteiger partial charge in [-0.2, -0.15) is 5.10 Å². The predicted molar refractivity (Wildman–Crippen MR) is 82.0 cm³/mol. The number of aryl methyl sites for hydroxylation is 1. The number of hydrogen-bond acceptors (Lipinski definition) is 6. The van der Waals surface area contributed by atoms with Crippen molar-refractivity contribution in [1.29, 1.82) is 0 Å². The molecule has 0 spiro atoms. The maximum Gasteiger partial charge on any atom is 0.327 e. The van der Waals surface area contributed by atoms with Gasteiger partial charge in [-0.1, -0.05) is 0 Å². The molecule has 0 unspecified atom stereocenters. The van der Waals surface area contributed by atoms with Gasteiger partial charge in [0.05, 0.1) is 25.0 Å². The minimum atomic E-state index is -0.402. The Balaban J connectivity index is 1.81. The molecule has 1 atom stereocenters. The minimum Gasteiger partial charge on any atom is -0.465 e. The van der Waals surface area contributed by atoms with Gasteiger partial charge in [0.15, 0.2) is 0 Å². The van der Waals surface area contributed by atoms with Crippen molar-refractivity contribution in [3.05, 3.63) is 11.8 Å². The van der Waals surface area contributed by atoms with E-state index < -0.39 is 5.97 Å². The fraction of sp³-hybridized carbons (Fsp3) is 0.667. The number of rotatable bonds is 8. The van der Waals surface area contributed by atoms with Crippen molar-refractivity contribution < 1.29 is 23.8 Å². The first-order chi connectivity index (χ1) is 11.1. The van der Waals surface area contributed by atoms with Gasteiger partial charge in [0.1, 0.15) is 19.0 Å². The van der Waals surface area contributed by atoms with Crippen LogP contribution in [-0.2, 0) is 30.3 Å². The second-order valence-electron chi connectivity index (χ2n) is 5.33. The zero-order valence-corrected chi connectivity index (χ0v) is 13.5. The second-order valence-corrected chi connectivity index (χ2v) is 5.33. The lowest BCUT2D eigenvalue weighted by molar-refractivity contribution is -0.144. The Morgan fingerprint density at radius 2 is 2.35 bits per heavy atom. The summed E-state index contributed by atoms with van der Waals surface area (Å²) >= 11 is 0. The standard InChI is InChI=1S/C15H23N3O5/c1-3-22-15(20)8-18-13(7-11(2)17-18)16-14(19)10-21-9-12-5-4-6-23-12/h7,12H,3-6,8-10H2,1-2H3,(H,16,19)/t12-/m1/s1. The molecule has 1 saturated heterocycles. The number of aromatic nitrogens is 2. The fourth-order valence-corrected chi connectivity index (χ4v) is 2.33. The van der Waals surface area contributed by atoms with Gasteiger partial charge >= 0.3 is 5.97 Å². The van der Waals surface area contributed by atoms with Gasteiger partial charge in [0, 0.05) is 12.7 Å². The summed E-state index contributed by atoms with van der Waals surface area (Å²) in [7, 11) is 0. The molecule has 1 amide bonds. The molecular formula is C15H23N3O5. The third-order valence-corrected chi connectivity index (χ3v) is 3.31. The lowest BCUT2D eigenvalue weighted by Crippen LogP contribution is -2.24. The molecule has 0 aliphatic carbocycles. The maximum atomic E-state index is 11.9. The van der Waals surface area contributed by atoms with Crippen LogP contribution in [-0.4, -0.2) is 54.2 Å². The van der Waals surface area contributed by atoms with Crippen LogP contribution in [0.1, 0.15) is 25.5 Å². The van der Waals surface area contributed by atoms with E-state index in [4.69, 9.17) is 14.2 Å². The summed E-state index contributed by atoms with van der Waals surface area (Å²) in [5, 5.41) is 6.86. The predicted octanol–water partition coefficient (Wildman–Crippen LogP) is 0.889. The van der Waals surface area contributed by atoms with Crippen LogP contribution in [0.5, 0.6) is 0 Å². The molecule has 2 heterocycles. The largest absolute Gasteiger partial charge is 0.465 e. The first kappa shape index (κ1) is 17.4.